The summed E-state index contributed by atoms with van der Waals surface area (Å²) >= 11 is 0. The van der Waals surface area contributed by atoms with Crippen molar-refractivity contribution in [3.63, 3.8) is 0 Å². The smallest absolute Gasteiger partial charge is 0.243 e. The fraction of sp³-hybridized carbons (Fsp3) is 0.182. The molecule has 4 rings (SSSR count). The highest BCUT2D eigenvalue weighted by molar-refractivity contribution is 7.91. The molecule has 1 aromatic heterocycles. The van der Waals surface area contributed by atoms with Crippen LogP contribution in [0.5, 0.6) is 5.75 Å². The molecule has 1 atom stereocenters. The highest BCUT2D eigenvalue weighted by Crippen LogP contribution is 2.30. The molecule has 1 aliphatic heterocycles. The largest absolute Gasteiger partial charge is 0.495 e. The fourth-order valence-electron chi connectivity index (χ4n) is 3.44. The van der Waals surface area contributed by atoms with Crippen LogP contribution in [0.4, 0.5) is 10.1 Å². The molecule has 0 saturated heterocycles. The Kier molecular flexibility index (Phi) is 5.60. The van der Waals surface area contributed by atoms with Crippen molar-refractivity contribution in [1.29, 1.82) is 0 Å². The van der Waals surface area contributed by atoms with E-state index in [1.807, 2.05) is 6.07 Å². The maximum Gasteiger partial charge on any atom is 0.243 e. The van der Waals surface area contributed by atoms with E-state index in [2.05, 4.69) is 15.6 Å². The maximum atomic E-state index is 13.4. The lowest BCUT2D eigenvalue weighted by molar-refractivity contribution is -0.121. The van der Waals surface area contributed by atoms with Crippen molar-refractivity contribution in [2.24, 2.45) is 0 Å². The number of hydrogen-bond acceptors (Lipinski definition) is 6. The number of fused-ring (bicyclic) bond motifs is 1. The van der Waals surface area contributed by atoms with E-state index in [0.29, 0.717) is 6.42 Å². The first-order valence-corrected chi connectivity index (χ1v) is 11.0. The van der Waals surface area contributed by atoms with Gasteiger partial charge in [0.2, 0.25) is 15.7 Å². The summed E-state index contributed by atoms with van der Waals surface area (Å²) < 4.78 is 44.2. The van der Waals surface area contributed by atoms with Gasteiger partial charge in [0.25, 0.3) is 0 Å². The summed E-state index contributed by atoms with van der Waals surface area (Å²) in [5.41, 5.74) is 2.64. The summed E-state index contributed by atoms with van der Waals surface area (Å²) in [5, 5.41) is 6.02. The molecular weight excluding hydrogens is 421 g/mol. The van der Waals surface area contributed by atoms with Gasteiger partial charge in [0.15, 0.2) is 0 Å². The molecule has 31 heavy (non-hydrogen) atoms. The highest BCUT2D eigenvalue weighted by atomic mass is 32.2. The Labute approximate surface area is 179 Å². The van der Waals surface area contributed by atoms with Crippen molar-refractivity contribution >= 4 is 21.4 Å². The van der Waals surface area contributed by atoms with E-state index in [1.165, 1.54) is 25.3 Å². The number of aromatic nitrogens is 1. The molecule has 2 heterocycles. The molecule has 7 nitrogen and oxygen atoms in total. The van der Waals surface area contributed by atoms with Gasteiger partial charge in [-0.25, -0.2) is 12.8 Å². The number of nitrogens with one attached hydrogen (secondary N) is 2. The van der Waals surface area contributed by atoms with Gasteiger partial charge in [0.1, 0.15) is 22.5 Å². The van der Waals surface area contributed by atoms with Crippen molar-refractivity contribution in [3.05, 3.63) is 77.9 Å². The number of carbonyl (C=O) groups is 1. The monoisotopic (exact) mass is 441 g/mol. The molecule has 1 aliphatic rings. The van der Waals surface area contributed by atoms with Gasteiger partial charge in [-0.05, 0) is 41.5 Å². The Morgan fingerprint density at radius 3 is 2.71 bits per heavy atom. The number of hydrogen-bond donors (Lipinski definition) is 2. The van der Waals surface area contributed by atoms with Crippen molar-refractivity contribution in [3.8, 4) is 5.75 Å². The van der Waals surface area contributed by atoms with Crippen LogP contribution in [0.2, 0.25) is 0 Å². The van der Waals surface area contributed by atoms with Crippen LogP contribution in [0.25, 0.3) is 0 Å². The van der Waals surface area contributed by atoms with Gasteiger partial charge in [-0.15, -0.1) is 0 Å². The van der Waals surface area contributed by atoms with Crippen molar-refractivity contribution in [2.45, 2.75) is 28.8 Å². The van der Waals surface area contributed by atoms with E-state index in [9.17, 15) is 17.6 Å². The second-order valence-electron chi connectivity index (χ2n) is 7.09. The van der Waals surface area contributed by atoms with Crippen LogP contribution in [0.15, 0.2) is 70.7 Å². The lowest BCUT2D eigenvalue weighted by Gasteiger charge is -2.13. The first-order chi connectivity index (χ1) is 14.9. The van der Waals surface area contributed by atoms with Crippen LogP contribution in [0.1, 0.15) is 11.1 Å². The third kappa shape index (κ3) is 4.22. The van der Waals surface area contributed by atoms with E-state index in [0.717, 1.165) is 28.9 Å². The standard InChI is InChI=1S/C22H20FN3O4S/c1-30-20-11-16(23)4-7-21(20)31(28,29)17-5-2-14(3-6-17)12-25-22(27)19-10-15-13-24-9-8-18(15)26-19/h2-9,11,13,19,26H,10,12H2,1H3,(H,25,27). The van der Waals surface area contributed by atoms with Gasteiger partial charge >= 0.3 is 0 Å². The number of benzene rings is 2. The van der Waals surface area contributed by atoms with E-state index < -0.39 is 15.7 Å². The molecule has 0 radical (unpaired) electrons. The normalized spacial score (nSPS) is 15.1. The van der Waals surface area contributed by atoms with Gasteiger partial charge < -0.3 is 15.4 Å². The number of pyridine rings is 1. The number of sulfone groups is 1. The van der Waals surface area contributed by atoms with E-state index in [1.54, 1.807) is 24.5 Å². The maximum absolute atomic E-state index is 13.4. The van der Waals surface area contributed by atoms with Crippen LogP contribution in [0.3, 0.4) is 0 Å². The zero-order valence-electron chi connectivity index (χ0n) is 16.6. The predicted octanol–water partition coefficient (Wildman–Crippen LogP) is 2.72. The van der Waals surface area contributed by atoms with Crippen molar-refractivity contribution in [1.82, 2.24) is 10.3 Å². The Bertz CT molecular complexity index is 1200. The molecule has 0 fully saturated rings. The minimum Gasteiger partial charge on any atom is -0.495 e. The third-order valence-electron chi connectivity index (χ3n) is 5.09. The second kappa shape index (κ2) is 8.35. The minimum absolute atomic E-state index is 0.0490. The lowest BCUT2D eigenvalue weighted by Crippen LogP contribution is -2.38. The Balaban J connectivity index is 1.42. The van der Waals surface area contributed by atoms with Gasteiger partial charge in [-0.2, -0.15) is 0 Å². The molecule has 0 bridgehead atoms. The summed E-state index contributed by atoms with van der Waals surface area (Å²) in [4.78, 5) is 16.5. The summed E-state index contributed by atoms with van der Waals surface area (Å²) in [6.07, 6.45) is 3.97. The number of amides is 1. The SMILES string of the molecule is COc1cc(F)ccc1S(=O)(=O)c1ccc(CNC(=O)C2Cc3cnccc3N2)cc1. The highest BCUT2D eigenvalue weighted by Gasteiger charge is 2.26. The molecule has 9 heteroatoms. The van der Waals surface area contributed by atoms with Crippen molar-refractivity contribution < 1.29 is 22.3 Å². The molecule has 3 aromatic rings. The zero-order chi connectivity index (χ0) is 22.0. The molecule has 1 unspecified atom stereocenters. The van der Waals surface area contributed by atoms with E-state index >= 15 is 0 Å². The minimum atomic E-state index is -3.89. The third-order valence-corrected chi connectivity index (χ3v) is 6.90. The first kappa shape index (κ1) is 20.8. The Hall–Kier alpha value is -3.46. The summed E-state index contributed by atoms with van der Waals surface area (Å²) in [6, 6.07) is 10.9. The molecule has 0 spiro atoms. The average molecular weight is 441 g/mol. The topological polar surface area (TPSA) is 97.4 Å². The predicted molar refractivity (Wildman–Crippen MR) is 112 cm³/mol. The number of nitrogens with zero attached hydrogens (tertiary/aromatic N) is 1. The summed E-state index contributed by atoms with van der Waals surface area (Å²) in [6.45, 7) is 0.256. The number of rotatable bonds is 6. The van der Waals surface area contributed by atoms with Crippen LogP contribution in [0, 0.1) is 5.82 Å². The summed E-state index contributed by atoms with van der Waals surface area (Å²) in [5.74, 6) is -0.793. The fourth-order valence-corrected chi connectivity index (χ4v) is 4.84. The summed E-state index contributed by atoms with van der Waals surface area (Å²) in [7, 11) is -2.60. The number of ether oxygens (including phenoxy) is 1. The zero-order valence-corrected chi connectivity index (χ0v) is 17.4. The number of carbonyl (C=O) groups excluding carboxylic acids is 1. The molecular formula is C22H20FN3O4S. The van der Waals surface area contributed by atoms with Crippen molar-refractivity contribution in [2.75, 3.05) is 12.4 Å². The van der Waals surface area contributed by atoms with Crippen LogP contribution in [-0.4, -0.2) is 32.5 Å². The molecule has 1 amide bonds. The second-order valence-corrected chi connectivity index (χ2v) is 9.01. The Morgan fingerprint density at radius 2 is 2.00 bits per heavy atom. The van der Waals surface area contributed by atoms with Crippen LogP contribution >= 0.6 is 0 Å². The van der Waals surface area contributed by atoms with Gasteiger partial charge in [0.05, 0.1) is 12.0 Å². The molecule has 2 aromatic carbocycles. The number of halogens is 1. The number of methoxy groups -OCH3 is 1. The Morgan fingerprint density at radius 1 is 1.23 bits per heavy atom. The van der Waals surface area contributed by atoms with Crippen LogP contribution < -0.4 is 15.4 Å². The van der Waals surface area contributed by atoms with Gasteiger partial charge in [-0.1, -0.05) is 12.1 Å². The number of anilines is 1. The lowest BCUT2D eigenvalue weighted by atomic mass is 10.1. The van der Waals surface area contributed by atoms with E-state index in [-0.39, 0.29) is 34.0 Å². The van der Waals surface area contributed by atoms with Gasteiger partial charge in [0, 0.05) is 37.1 Å². The quantitative estimate of drug-likeness (QED) is 0.571. The molecule has 0 saturated carbocycles. The van der Waals surface area contributed by atoms with Crippen LogP contribution in [-0.2, 0) is 27.6 Å². The first-order valence-electron chi connectivity index (χ1n) is 9.53. The average Bonchev–Trinajstić information content (AvgIpc) is 3.22. The van der Waals surface area contributed by atoms with Gasteiger partial charge in [-0.3, -0.25) is 9.78 Å². The molecule has 160 valence electrons. The van der Waals surface area contributed by atoms with E-state index in [4.69, 9.17) is 4.74 Å². The molecule has 2 N–H and O–H groups in total. The molecule has 0 aliphatic carbocycles.